The minimum Gasteiger partial charge on any atom is -0.310 e. The summed E-state index contributed by atoms with van der Waals surface area (Å²) in [5.41, 5.74) is 3.50. The third-order valence-electron chi connectivity index (χ3n) is 3.66. The van der Waals surface area contributed by atoms with Gasteiger partial charge >= 0.3 is 0 Å². The molecule has 3 rings (SSSR count). The Kier molecular flexibility index (Phi) is 4.49. The summed E-state index contributed by atoms with van der Waals surface area (Å²) in [5.74, 6) is 2.74. The number of carbonyl (C=O) groups excluding carboxylic acids is 1. The van der Waals surface area contributed by atoms with E-state index in [1.54, 1.807) is 16.4 Å². The zero-order valence-electron chi connectivity index (χ0n) is 12.9. The quantitative estimate of drug-likeness (QED) is 0.869. The van der Waals surface area contributed by atoms with E-state index in [1.165, 1.54) is 11.1 Å². The second kappa shape index (κ2) is 6.38. The SMILES string of the molecule is Cc1ccc(SC(C)C(=O)Nc2c3c(nn2C)CSC3)cc1. The molecule has 1 atom stereocenters. The molecule has 116 valence electrons. The van der Waals surface area contributed by atoms with Crippen LogP contribution in [0, 0.1) is 6.92 Å². The summed E-state index contributed by atoms with van der Waals surface area (Å²) in [7, 11) is 1.89. The first-order chi connectivity index (χ1) is 10.5. The summed E-state index contributed by atoms with van der Waals surface area (Å²) in [5, 5.41) is 7.37. The zero-order chi connectivity index (χ0) is 15.7. The summed E-state index contributed by atoms with van der Waals surface area (Å²) >= 11 is 3.41. The lowest BCUT2D eigenvalue weighted by Gasteiger charge is -2.13. The molecule has 0 bridgehead atoms. The smallest absolute Gasteiger partial charge is 0.238 e. The minimum atomic E-state index is -0.151. The van der Waals surface area contributed by atoms with Crippen molar-refractivity contribution in [3.8, 4) is 0 Å². The van der Waals surface area contributed by atoms with Crippen LogP contribution in [0.5, 0.6) is 0 Å². The lowest BCUT2D eigenvalue weighted by molar-refractivity contribution is -0.115. The van der Waals surface area contributed by atoms with Crippen molar-refractivity contribution in [2.75, 3.05) is 5.32 Å². The van der Waals surface area contributed by atoms with Crippen LogP contribution in [-0.2, 0) is 23.3 Å². The van der Waals surface area contributed by atoms with Crippen molar-refractivity contribution in [2.24, 2.45) is 7.05 Å². The number of nitrogens with one attached hydrogen (secondary N) is 1. The molecule has 1 aliphatic heterocycles. The van der Waals surface area contributed by atoms with Crippen molar-refractivity contribution in [3.63, 3.8) is 0 Å². The highest BCUT2D eigenvalue weighted by Crippen LogP contribution is 2.34. The standard InChI is InChI=1S/C16H19N3OS2/c1-10-4-6-12(7-5-10)22-11(2)16(20)17-15-13-8-21-9-14(13)18-19(15)3/h4-7,11H,8-9H2,1-3H3,(H,17,20). The molecule has 0 saturated heterocycles. The van der Waals surface area contributed by atoms with Gasteiger partial charge in [0.25, 0.3) is 0 Å². The Bertz CT molecular complexity index is 694. The number of hydrogen-bond acceptors (Lipinski definition) is 4. The average Bonchev–Trinajstić information content (AvgIpc) is 3.04. The van der Waals surface area contributed by atoms with Crippen LogP contribution in [0.3, 0.4) is 0 Å². The van der Waals surface area contributed by atoms with Crippen molar-refractivity contribution >= 4 is 35.2 Å². The van der Waals surface area contributed by atoms with Crippen LogP contribution in [0.2, 0.25) is 0 Å². The predicted octanol–water partition coefficient (Wildman–Crippen LogP) is 3.59. The molecule has 0 spiro atoms. The molecule has 1 amide bonds. The Hall–Kier alpha value is -1.40. The Morgan fingerprint density at radius 1 is 1.36 bits per heavy atom. The van der Waals surface area contributed by atoms with Gasteiger partial charge in [0.1, 0.15) is 5.82 Å². The van der Waals surface area contributed by atoms with E-state index in [9.17, 15) is 4.79 Å². The molecule has 6 heteroatoms. The number of rotatable bonds is 4. The molecule has 2 heterocycles. The highest BCUT2D eigenvalue weighted by molar-refractivity contribution is 8.00. The molecule has 0 aliphatic carbocycles. The lowest BCUT2D eigenvalue weighted by Crippen LogP contribution is -2.24. The van der Waals surface area contributed by atoms with Gasteiger partial charge in [0.2, 0.25) is 5.91 Å². The van der Waals surface area contributed by atoms with Gasteiger partial charge in [-0.25, -0.2) is 0 Å². The third kappa shape index (κ3) is 3.17. The molecule has 4 nitrogen and oxygen atoms in total. The zero-order valence-corrected chi connectivity index (χ0v) is 14.6. The van der Waals surface area contributed by atoms with Crippen LogP contribution >= 0.6 is 23.5 Å². The van der Waals surface area contributed by atoms with E-state index in [4.69, 9.17) is 0 Å². The molecule has 1 N–H and O–H groups in total. The number of thioether (sulfide) groups is 2. The monoisotopic (exact) mass is 333 g/mol. The van der Waals surface area contributed by atoms with Crippen LogP contribution < -0.4 is 5.32 Å². The number of aryl methyl sites for hydroxylation is 2. The van der Waals surface area contributed by atoms with Gasteiger partial charge in [0.15, 0.2) is 0 Å². The van der Waals surface area contributed by atoms with Gasteiger partial charge in [0, 0.05) is 29.0 Å². The first-order valence-electron chi connectivity index (χ1n) is 7.21. The van der Waals surface area contributed by atoms with Crippen LogP contribution in [0.4, 0.5) is 5.82 Å². The second-order valence-electron chi connectivity index (χ2n) is 5.45. The van der Waals surface area contributed by atoms with E-state index >= 15 is 0 Å². The van der Waals surface area contributed by atoms with Crippen LogP contribution in [0.15, 0.2) is 29.2 Å². The summed E-state index contributed by atoms with van der Waals surface area (Å²) in [6.45, 7) is 4.00. The minimum absolute atomic E-state index is 0.0216. The van der Waals surface area contributed by atoms with E-state index in [2.05, 4.69) is 41.6 Å². The molecule has 1 aromatic heterocycles. The average molecular weight is 333 g/mol. The summed E-state index contributed by atoms with van der Waals surface area (Å²) in [6.07, 6.45) is 0. The van der Waals surface area contributed by atoms with Gasteiger partial charge in [-0.3, -0.25) is 9.48 Å². The van der Waals surface area contributed by atoms with Crippen molar-refractivity contribution < 1.29 is 4.79 Å². The highest BCUT2D eigenvalue weighted by atomic mass is 32.2. The molecule has 0 saturated carbocycles. The summed E-state index contributed by atoms with van der Waals surface area (Å²) < 4.78 is 1.78. The van der Waals surface area contributed by atoms with Crippen molar-refractivity contribution in [1.82, 2.24) is 9.78 Å². The van der Waals surface area contributed by atoms with Crippen molar-refractivity contribution in [3.05, 3.63) is 41.1 Å². The molecule has 22 heavy (non-hydrogen) atoms. The van der Waals surface area contributed by atoms with E-state index in [-0.39, 0.29) is 11.2 Å². The first-order valence-corrected chi connectivity index (χ1v) is 9.24. The number of nitrogens with zero attached hydrogens (tertiary/aromatic N) is 2. The molecule has 0 radical (unpaired) electrons. The number of fused-ring (bicyclic) bond motifs is 1. The maximum Gasteiger partial charge on any atom is 0.238 e. The van der Waals surface area contributed by atoms with Crippen molar-refractivity contribution in [1.29, 1.82) is 0 Å². The molecule has 1 unspecified atom stereocenters. The number of amides is 1. The first kappa shape index (κ1) is 15.5. The van der Waals surface area contributed by atoms with Crippen LogP contribution in [-0.4, -0.2) is 20.9 Å². The lowest BCUT2D eigenvalue weighted by atomic mass is 10.2. The van der Waals surface area contributed by atoms with Gasteiger partial charge in [-0.1, -0.05) is 17.7 Å². The maximum atomic E-state index is 12.5. The Morgan fingerprint density at radius 2 is 2.09 bits per heavy atom. The largest absolute Gasteiger partial charge is 0.310 e. The van der Waals surface area contributed by atoms with Crippen molar-refractivity contribution in [2.45, 2.75) is 35.5 Å². The maximum absolute atomic E-state index is 12.5. The van der Waals surface area contributed by atoms with Crippen LogP contribution in [0.1, 0.15) is 23.7 Å². The molecular weight excluding hydrogens is 314 g/mol. The molecule has 0 fully saturated rings. The predicted molar refractivity (Wildman–Crippen MR) is 93.3 cm³/mol. The molecular formula is C16H19N3OS2. The number of anilines is 1. The molecule has 1 aliphatic rings. The van der Waals surface area contributed by atoms with E-state index in [0.717, 1.165) is 27.9 Å². The Balaban J connectivity index is 1.68. The van der Waals surface area contributed by atoms with E-state index in [1.807, 2.05) is 25.7 Å². The fraction of sp³-hybridized carbons (Fsp3) is 0.375. The van der Waals surface area contributed by atoms with Crippen LogP contribution in [0.25, 0.3) is 0 Å². The van der Waals surface area contributed by atoms with Gasteiger partial charge in [-0.2, -0.15) is 16.9 Å². The number of hydrogen-bond donors (Lipinski definition) is 1. The number of carbonyl (C=O) groups is 1. The fourth-order valence-electron chi connectivity index (χ4n) is 2.39. The molecule has 1 aromatic carbocycles. The Labute approximate surface area is 139 Å². The topological polar surface area (TPSA) is 46.9 Å². The summed E-state index contributed by atoms with van der Waals surface area (Å²) in [4.78, 5) is 13.6. The van der Waals surface area contributed by atoms with Gasteiger partial charge in [0.05, 0.1) is 10.9 Å². The second-order valence-corrected chi connectivity index (χ2v) is 7.85. The van der Waals surface area contributed by atoms with E-state index < -0.39 is 0 Å². The van der Waals surface area contributed by atoms with E-state index in [0.29, 0.717) is 0 Å². The highest BCUT2D eigenvalue weighted by Gasteiger charge is 2.24. The van der Waals surface area contributed by atoms with Gasteiger partial charge < -0.3 is 5.32 Å². The Morgan fingerprint density at radius 3 is 2.82 bits per heavy atom. The normalized spacial score (nSPS) is 14.7. The fourth-order valence-corrected chi connectivity index (χ4v) is 4.29. The summed E-state index contributed by atoms with van der Waals surface area (Å²) in [6, 6.07) is 8.25. The molecule has 2 aromatic rings. The number of benzene rings is 1. The van der Waals surface area contributed by atoms with Gasteiger partial charge in [-0.05, 0) is 26.0 Å². The number of aromatic nitrogens is 2. The van der Waals surface area contributed by atoms with Gasteiger partial charge in [-0.15, -0.1) is 11.8 Å². The third-order valence-corrected chi connectivity index (χ3v) is 5.74.